The van der Waals surface area contributed by atoms with Gasteiger partial charge in [-0.3, -0.25) is 0 Å². The van der Waals surface area contributed by atoms with Crippen LogP contribution in [0.1, 0.15) is 0 Å². The third kappa shape index (κ3) is 5.50. The average molecular weight is 876 g/mol. The van der Waals surface area contributed by atoms with Crippen molar-refractivity contribution in [1.29, 1.82) is 0 Å². The molecule has 69 heavy (non-hydrogen) atoms. The first-order valence-corrected chi connectivity index (χ1v) is 23.8. The molecule has 0 radical (unpaired) electrons. The summed E-state index contributed by atoms with van der Waals surface area (Å²) in [6.07, 6.45) is 0. The average Bonchev–Trinajstić information content (AvgIpc) is 3.94. The monoisotopic (exact) mass is 875 g/mol. The van der Waals surface area contributed by atoms with Crippen LogP contribution in [0.3, 0.4) is 0 Å². The number of para-hydroxylation sites is 4. The molecule has 2 aromatic heterocycles. The second-order valence-corrected chi connectivity index (χ2v) is 18.4. The van der Waals surface area contributed by atoms with Crippen molar-refractivity contribution in [3.8, 4) is 11.4 Å². The van der Waals surface area contributed by atoms with Gasteiger partial charge in [0.05, 0.1) is 27.8 Å². The van der Waals surface area contributed by atoms with Gasteiger partial charge in [-0.1, -0.05) is 176 Å². The largest absolute Gasteiger partial charge is 0.310 e. The molecule has 0 atom stereocenters. The molecule has 0 saturated heterocycles. The van der Waals surface area contributed by atoms with Crippen LogP contribution in [0.2, 0.25) is 0 Å². The Labute approximate surface area is 397 Å². The smallest absolute Gasteiger partial charge is 0.0782 e. The van der Waals surface area contributed by atoms with E-state index in [0.717, 1.165) is 34.0 Å². The van der Waals surface area contributed by atoms with E-state index in [-0.39, 0.29) is 0 Å². The van der Waals surface area contributed by atoms with Crippen LogP contribution in [0.5, 0.6) is 0 Å². The lowest BCUT2D eigenvalue weighted by atomic mass is 9.93. The predicted octanol–water partition coefficient (Wildman–Crippen LogP) is 18.3. The van der Waals surface area contributed by atoms with E-state index in [1.165, 1.54) is 103 Å². The molecular weight excluding hydrogens is 835 g/mol. The van der Waals surface area contributed by atoms with Crippen LogP contribution >= 0.6 is 0 Å². The van der Waals surface area contributed by atoms with Gasteiger partial charge in [0.1, 0.15) is 0 Å². The number of fused-ring (bicyclic) bond motifs is 18. The highest BCUT2D eigenvalue weighted by Gasteiger charge is 2.23. The Hall–Kier alpha value is -9.18. The fourth-order valence-corrected chi connectivity index (χ4v) is 11.9. The molecule has 2 heterocycles. The fraction of sp³-hybridized carbons (Fsp3) is 0. The summed E-state index contributed by atoms with van der Waals surface area (Å²) in [7, 11) is 0. The molecule has 3 nitrogen and oxygen atoms in total. The van der Waals surface area contributed by atoms with Crippen LogP contribution in [0.15, 0.2) is 249 Å². The van der Waals surface area contributed by atoms with Crippen LogP contribution in [-0.2, 0) is 0 Å². The highest BCUT2D eigenvalue weighted by atomic mass is 15.1. The minimum atomic E-state index is 1.09. The zero-order chi connectivity index (χ0) is 45.2. The van der Waals surface area contributed by atoms with Gasteiger partial charge in [0.15, 0.2) is 0 Å². The van der Waals surface area contributed by atoms with Gasteiger partial charge in [-0.15, -0.1) is 0 Å². The lowest BCUT2D eigenvalue weighted by molar-refractivity contribution is 1.13. The first-order chi connectivity index (χ1) is 34.3. The summed E-state index contributed by atoms with van der Waals surface area (Å²) >= 11 is 0. The number of benzene rings is 13. The van der Waals surface area contributed by atoms with Gasteiger partial charge in [-0.2, -0.15) is 0 Å². The van der Waals surface area contributed by atoms with Gasteiger partial charge < -0.3 is 14.0 Å². The standard InChI is InChI=1S/C66H41N3/c1-2-17-42(18-3-1)68-62-30-14-12-27-56(62)58-29-16-32-65(66(58)68)69-63-31-15-13-28-57(63)61-41-45(35-38-64(61)69)67(43-33-36-54-50-23-6-4-19-46(50)48-21-8-10-25-52(48)59(54)39-43)44-34-37-55-51-24-7-5-20-47(51)49-22-9-11-26-53(49)60(55)40-44/h1-41H. The van der Waals surface area contributed by atoms with E-state index in [0.29, 0.717) is 0 Å². The lowest BCUT2D eigenvalue weighted by Crippen LogP contribution is -2.10. The molecule has 15 rings (SSSR count). The molecule has 0 aliphatic carbocycles. The molecule has 0 bridgehead atoms. The maximum atomic E-state index is 2.49. The third-order valence-corrected chi connectivity index (χ3v) is 14.8. The number of hydrogen-bond acceptors (Lipinski definition) is 1. The number of hydrogen-bond donors (Lipinski definition) is 0. The molecule has 13 aromatic carbocycles. The summed E-state index contributed by atoms with van der Waals surface area (Å²) in [5.74, 6) is 0. The second-order valence-electron chi connectivity index (χ2n) is 18.4. The maximum Gasteiger partial charge on any atom is 0.0782 e. The first kappa shape index (κ1) is 38.0. The summed E-state index contributed by atoms with van der Waals surface area (Å²) in [5, 5.41) is 20.0. The number of nitrogens with zero attached hydrogens (tertiary/aromatic N) is 3. The number of rotatable bonds is 5. The van der Waals surface area contributed by atoms with E-state index >= 15 is 0 Å². The van der Waals surface area contributed by atoms with Crippen molar-refractivity contribution in [3.63, 3.8) is 0 Å². The van der Waals surface area contributed by atoms with Crippen molar-refractivity contribution in [2.75, 3.05) is 4.90 Å². The van der Waals surface area contributed by atoms with Crippen LogP contribution in [0.25, 0.3) is 120 Å². The van der Waals surface area contributed by atoms with E-state index in [9.17, 15) is 0 Å². The highest BCUT2D eigenvalue weighted by molar-refractivity contribution is 6.27. The van der Waals surface area contributed by atoms with Gasteiger partial charge in [0.2, 0.25) is 0 Å². The lowest BCUT2D eigenvalue weighted by Gasteiger charge is -2.27. The molecule has 0 unspecified atom stereocenters. The number of aromatic nitrogens is 2. The molecule has 320 valence electrons. The van der Waals surface area contributed by atoms with Gasteiger partial charge in [-0.05, 0) is 137 Å². The quantitative estimate of drug-likeness (QED) is 0.157. The third-order valence-electron chi connectivity index (χ3n) is 14.8. The molecule has 3 heteroatoms. The summed E-state index contributed by atoms with van der Waals surface area (Å²) in [4.78, 5) is 2.48. The van der Waals surface area contributed by atoms with Crippen molar-refractivity contribution in [3.05, 3.63) is 249 Å². The molecule has 0 saturated carbocycles. The molecule has 0 aliphatic rings. The van der Waals surface area contributed by atoms with E-state index in [1.54, 1.807) is 0 Å². The fourth-order valence-electron chi connectivity index (χ4n) is 11.9. The zero-order valence-corrected chi connectivity index (χ0v) is 37.5. The topological polar surface area (TPSA) is 13.1 Å². The molecule has 0 amide bonds. The molecule has 0 spiro atoms. The van der Waals surface area contributed by atoms with Crippen molar-refractivity contribution in [2.45, 2.75) is 0 Å². The summed E-state index contributed by atoms with van der Waals surface area (Å²) < 4.78 is 4.93. The molecule has 15 aromatic rings. The minimum Gasteiger partial charge on any atom is -0.310 e. The second kappa shape index (κ2) is 14.7. The Morgan fingerprint density at radius 2 is 0.565 bits per heavy atom. The molecule has 0 N–H and O–H groups in total. The Kier molecular flexibility index (Phi) is 8.07. The minimum absolute atomic E-state index is 1.09. The van der Waals surface area contributed by atoms with Crippen LogP contribution in [0, 0.1) is 0 Å². The van der Waals surface area contributed by atoms with Crippen molar-refractivity contribution in [1.82, 2.24) is 9.13 Å². The Morgan fingerprint density at radius 3 is 1.07 bits per heavy atom. The molecular formula is C66H41N3. The highest BCUT2D eigenvalue weighted by Crippen LogP contribution is 2.46. The van der Waals surface area contributed by atoms with E-state index in [2.05, 4.69) is 263 Å². The van der Waals surface area contributed by atoms with Gasteiger partial charge in [0, 0.05) is 44.3 Å². The van der Waals surface area contributed by atoms with Crippen molar-refractivity contribution < 1.29 is 0 Å². The van der Waals surface area contributed by atoms with E-state index in [1.807, 2.05) is 0 Å². The zero-order valence-electron chi connectivity index (χ0n) is 37.5. The normalized spacial score (nSPS) is 12.1. The SMILES string of the molecule is c1ccc(-n2c3ccccc3c3cccc(-n4c5ccccc5c5cc(N(c6ccc7c8ccccc8c8ccccc8c7c6)c6ccc7c8ccccc8c8ccccc8c7c6)ccc54)c32)cc1. The summed E-state index contributed by atoms with van der Waals surface area (Å²) in [6, 6.07) is 92.0. The maximum absolute atomic E-state index is 2.49. The Bertz CT molecular complexity index is 4380. The van der Waals surface area contributed by atoms with E-state index in [4.69, 9.17) is 0 Å². The predicted molar refractivity (Wildman–Crippen MR) is 295 cm³/mol. The van der Waals surface area contributed by atoms with Gasteiger partial charge >= 0.3 is 0 Å². The van der Waals surface area contributed by atoms with Crippen molar-refractivity contribution >= 4 is 125 Å². The van der Waals surface area contributed by atoms with Crippen LogP contribution < -0.4 is 4.90 Å². The summed E-state index contributed by atoms with van der Waals surface area (Å²) in [6.45, 7) is 0. The molecule has 0 aliphatic heterocycles. The van der Waals surface area contributed by atoms with E-state index < -0.39 is 0 Å². The Balaban J connectivity index is 1.02. The van der Waals surface area contributed by atoms with Crippen molar-refractivity contribution in [2.24, 2.45) is 0 Å². The van der Waals surface area contributed by atoms with Crippen LogP contribution in [0.4, 0.5) is 17.1 Å². The number of anilines is 3. The van der Waals surface area contributed by atoms with Gasteiger partial charge in [-0.25, -0.2) is 0 Å². The first-order valence-electron chi connectivity index (χ1n) is 23.8. The Morgan fingerprint density at radius 1 is 0.217 bits per heavy atom. The summed E-state index contributed by atoms with van der Waals surface area (Å²) in [5.41, 5.74) is 10.3. The molecule has 0 fully saturated rings. The van der Waals surface area contributed by atoms with Crippen LogP contribution in [-0.4, -0.2) is 9.13 Å². The van der Waals surface area contributed by atoms with Gasteiger partial charge in [0.25, 0.3) is 0 Å².